The van der Waals surface area contributed by atoms with Gasteiger partial charge in [0.1, 0.15) is 0 Å². The van der Waals surface area contributed by atoms with Gasteiger partial charge in [0.05, 0.1) is 0 Å². The van der Waals surface area contributed by atoms with E-state index in [1.807, 2.05) is 11.3 Å². The molecular weight excluding hydrogens is 394 g/mol. The van der Waals surface area contributed by atoms with Crippen LogP contribution in [0.1, 0.15) is 34.6 Å². The molecule has 0 N–H and O–H groups in total. The Morgan fingerprint density at radius 2 is 1.65 bits per heavy atom. The highest BCUT2D eigenvalue weighted by Crippen LogP contribution is 2.42. The number of thiophene rings is 1. The van der Waals surface area contributed by atoms with Crippen molar-refractivity contribution in [3.63, 3.8) is 0 Å². The summed E-state index contributed by atoms with van der Waals surface area (Å²) in [7, 11) is 2.27. The normalized spacial score (nSPS) is 18.1. The first kappa shape index (κ1) is 20.2. The second-order valence-corrected chi connectivity index (χ2v) is 9.71. The van der Waals surface area contributed by atoms with Crippen LogP contribution in [0.25, 0.3) is 10.4 Å². The molecule has 0 unspecified atom stereocenters. The molecule has 2 atom stereocenters. The highest BCUT2D eigenvalue weighted by Gasteiger charge is 2.31. The minimum Gasteiger partial charge on any atom is -0.302 e. The molecule has 1 nitrogen and oxygen atoms in total. The summed E-state index contributed by atoms with van der Waals surface area (Å²) in [5.41, 5.74) is 7.25. The van der Waals surface area contributed by atoms with Gasteiger partial charge in [0.25, 0.3) is 0 Å². The molecule has 0 bridgehead atoms. The number of nitrogens with zero attached hydrogens (tertiary/aromatic N) is 1. The third kappa shape index (κ3) is 4.51. The summed E-state index contributed by atoms with van der Waals surface area (Å²) in [4.78, 5) is 3.87. The summed E-state index contributed by atoms with van der Waals surface area (Å²) in [6.07, 6.45) is 2.40. The molecule has 1 aliphatic carbocycles. The molecule has 0 saturated carbocycles. The zero-order chi connectivity index (χ0) is 21.0. The first-order valence-corrected chi connectivity index (χ1v) is 12.1. The minimum absolute atomic E-state index is 0.459. The van der Waals surface area contributed by atoms with E-state index in [9.17, 15) is 0 Å². The molecule has 156 valence electrons. The fourth-order valence-electron chi connectivity index (χ4n) is 5.15. The summed E-state index contributed by atoms with van der Waals surface area (Å²) in [5, 5.41) is 2.17. The molecule has 1 aromatic heterocycles. The summed E-state index contributed by atoms with van der Waals surface area (Å²) in [6.45, 7) is 2.11. The molecule has 5 rings (SSSR count). The van der Waals surface area contributed by atoms with Gasteiger partial charge in [-0.05, 0) is 65.1 Å². The van der Waals surface area contributed by atoms with E-state index in [4.69, 9.17) is 0 Å². The molecule has 3 aromatic carbocycles. The van der Waals surface area contributed by atoms with Crippen molar-refractivity contribution in [2.45, 2.75) is 25.3 Å². The molecule has 31 heavy (non-hydrogen) atoms. The van der Waals surface area contributed by atoms with Gasteiger partial charge in [-0.15, -0.1) is 11.3 Å². The molecule has 0 amide bonds. The zero-order valence-electron chi connectivity index (χ0n) is 18.1. The Labute approximate surface area is 190 Å². The van der Waals surface area contributed by atoms with Crippen molar-refractivity contribution in [3.8, 4) is 10.4 Å². The Morgan fingerprint density at radius 3 is 2.39 bits per heavy atom. The predicted molar refractivity (Wildman–Crippen MR) is 133 cm³/mol. The van der Waals surface area contributed by atoms with Gasteiger partial charge in [0.15, 0.2) is 0 Å². The van der Waals surface area contributed by atoms with Crippen molar-refractivity contribution in [1.82, 2.24) is 4.90 Å². The van der Waals surface area contributed by atoms with Crippen LogP contribution in [0.3, 0.4) is 0 Å². The molecule has 1 heterocycles. The molecule has 1 aliphatic rings. The Bertz CT molecular complexity index is 1100. The van der Waals surface area contributed by atoms with Crippen LogP contribution in [0, 0.1) is 5.92 Å². The molecule has 0 fully saturated rings. The maximum atomic E-state index is 2.50. The second kappa shape index (κ2) is 9.21. The zero-order valence-corrected chi connectivity index (χ0v) is 18.9. The van der Waals surface area contributed by atoms with E-state index < -0.39 is 0 Å². The SMILES string of the molecule is CN(Cc1ccccc1)C[C@@H]1CCc2cc(-c3cccs3)ccc2[C@@H]1c1ccccc1. The average Bonchev–Trinajstić information content (AvgIpc) is 3.35. The van der Waals surface area contributed by atoms with Crippen LogP contribution in [0.4, 0.5) is 0 Å². The molecule has 0 saturated heterocycles. The van der Waals surface area contributed by atoms with Crippen LogP contribution in [0.5, 0.6) is 0 Å². The van der Waals surface area contributed by atoms with E-state index in [0.29, 0.717) is 11.8 Å². The van der Waals surface area contributed by atoms with E-state index in [2.05, 4.69) is 108 Å². The summed E-state index contributed by atoms with van der Waals surface area (Å²) in [6, 6.07) is 33.5. The number of rotatable bonds is 6. The first-order valence-electron chi connectivity index (χ1n) is 11.2. The molecule has 4 aromatic rings. The molecular formula is C29H29NS. The van der Waals surface area contributed by atoms with E-state index in [1.165, 1.54) is 45.5 Å². The van der Waals surface area contributed by atoms with Crippen LogP contribution in [0.2, 0.25) is 0 Å². The average molecular weight is 424 g/mol. The van der Waals surface area contributed by atoms with Gasteiger partial charge in [0.2, 0.25) is 0 Å². The van der Waals surface area contributed by atoms with Crippen molar-refractivity contribution < 1.29 is 0 Å². The largest absolute Gasteiger partial charge is 0.302 e. The van der Waals surface area contributed by atoms with Crippen LogP contribution in [-0.2, 0) is 13.0 Å². The van der Waals surface area contributed by atoms with Gasteiger partial charge in [-0.25, -0.2) is 0 Å². The maximum Gasteiger partial charge on any atom is 0.0342 e. The number of aryl methyl sites for hydroxylation is 1. The standard InChI is InChI=1S/C29H29NS/c1-30(20-22-9-4-2-5-10-22)21-26-15-14-24-19-25(28-13-8-18-31-28)16-17-27(24)29(26)23-11-6-3-7-12-23/h2-13,16-19,26,29H,14-15,20-21H2,1H3/t26-,29+/m0/s1. The first-order chi connectivity index (χ1) is 15.3. The van der Waals surface area contributed by atoms with Crippen molar-refractivity contribution in [1.29, 1.82) is 0 Å². The van der Waals surface area contributed by atoms with Crippen LogP contribution < -0.4 is 0 Å². The topological polar surface area (TPSA) is 3.24 Å². The smallest absolute Gasteiger partial charge is 0.0342 e. The van der Waals surface area contributed by atoms with Gasteiger partial charge in [-0.1, -0.05) is 84.9 Å². The van der Waals surface area contributed by atoms with Gasteiger partial charge >= 0.3 is 0 Å². The van der Waals surface area contributed by atoms with E-state index >= 15 is 0 Å². The Balaban J connectivity index is 1.44. The van der Waals surface area contributed by atoms with E-state index in [0.717, 1.165) is 13.1 Å². The Hall–Kier alpha value is -2.68. The highest BCUT2D eigenvalue weighted by molar-refractivity contribution is 7.13. The summed E-state index contributed by atoms with van der Waals surface area (Å²) in [5.74, 6) is 1.08. The minimum atomic E-state index is 0.459. The number of hydrogen-bond acceptors (Lipinski definition) is 2. The van der Waals surface area contributed by atoms with E-state index in [-0.39, 0.29) is 0 Å². The summed E-state index contributed by atoms with van der Waals surface area (Å²) < 4.78 is 0. The molecule has 0 spiro atoms. The van der Waals surface area contributed by atoms with Crippen LogP contribution in [0.15, 0.2) is 96.4 Å². The second-order valence-electron chi connectivity index (χ2n) is 8.76. The van der Waals surface area contributed by atoms with Crippen molar-refractivity contribution in [2.75, 3.05) is 13.6 Å². The number of hydrogen-bond donors (Lipinski definition) is 0. The quantitative estimate of drug-likeness (QED) is 0.316. The van der Waals surface area contributed by atoms with Crippen molar-refractivity contribution in [3.05, 3.63) is 119 Å². The van der Waals surface area contributed by atoms with Gasteiger partial charge < -0.3 is 4.90 Å². The highest BCUT2D eigenvalue weighted by atomic mass is 32.1. The maximum absolute atomic E-state index is 2.50. The lowest BCUT2D eigenvalue weighted by atomic mass is 9.71. The van der Waals surface area contributed by atoms with Crippen molar-refractivity contribution >= 4 is 11.3 Å². The predicted octanol–water partition coefficient (Wildman–Crippen LogP) is 7.24. The van der Waals surface area contributed by atoms with Crippen molar-refractivity contribution in [2.24, 2.45) is 5.92 Å². The summed E-state index contributed by atoms with van der Waals surface area (Å²) >= 11 is 1.83. The molecule has 2 heteroatoms. The third-order valence-corrected chi connectivity index (χ3v) is 7.46. The van der Waals surface area contributed by atoms with Gasteiger partial charge in [0, 0.05) is 23.9 Å². The fourth-order valence-corrected chi connectivity index (χ4v) is 5.88. The van der Waals surface area contributed by atoms with E-state index in [1.54, 1.807) is 0 Å². The van der Waals surface area contributed by atoms with Gasteiger partial charge in [-0.2, -0.15) is 0 Å². The lowest BCUT2D eigenvalue weighted by molar-refractivity contribution is 0.239. The van der Waals surface area contributed by atoms with Crippen LogP contribution >= 0.6 is 11.3 Å². The fraction of sp³-hybridized carbons (Fsp3) is 0.241. The third-order valence-electron chi connectivity index (χ3n) is 6.54. The van der Waals surface area contributed by atoms with Gasteiger partial charge in [-0.3, -0.25) is 0 Å². The lowest BCUT2D eigenvalue weighted by Gasteiger charge is -2.37. The lowest BCUT2D eigenvalue weighted by Crippen LogP contribution is -2.32. The molecule has 0 aliphatic heterocycles. The molecule has 0 radical (unpaired) electrons. The Kier molecular flexibility index (Phi) is 6.01. The monoisotopic (exact) mass is 423 g/mol. The number of benzene rings is 3. The number of fused-ring (bicyclic) bond motifs is 1. The Morgan fingerprint density at radius 1 is 0.871 bits per heavy atom. The van der Waals surface area contributed by atoms with Crippen LogP contribution in [-0.4, -0.2) is 18.5 Å².